The van der Waals surface area contributed by atoms with E-state index >= 15 is 0 Å². The van der Waals surface area contributed by atoms with E-state index in [0.29, 0.717) is 23.8 Å². The number of hydrogen-bond donors (Lipinski definition) is 2. The molecule has 6 nitrogen and oxygen atoms in total. The molecule has 0 aromatic heterocycles. The van der Waals surface area contributed by atoms with Crippen molar-refractivity contribution in [3.05, 3.63) is 58.6 Å². The number of aryl methyl sites for hydroxylation is 2. The number of hydrogen-bond acceptors (Lipinski definition) is 4. The van der Waals surface area contributed by atoms with Crippen molar-refractivity contribution in [1.29, 1.82) is 0 Å². The maximum Gasteiger partial charge on any atom is 0.238 e. The highest BCUT2D eigenvalue weighted by atomic mass is 35.5. The Morgan fingerprint density at radius 2 is 1.32 bits per heavy atom. The van der Waals surface area contributed by atoms with E-state index in [1.807, 2.05) is 12.1 Å². The zero-order chi connectivity index (χ0) is 22.2. The summed E-state index contributed by atoms with van der Waals surface area (Å²) in [6, 6.07) is 13.4. The Morgan fingerprint density at radius 1 is 0.806 bits per heavy atom. The predicted molar refractivity (Wildman–Crippen MR) is 127 cm³/mol. The van der Waals surface area contributed by atoms with Gasteiger partial charge in [0, 0.05) is 31.9 Å². The summed E-state index contributed by atoms with van der Waals surface area (Å²) in [5, 5.41) is 6.52. The van der Waals surface area contributed by atoms with Gasteiger partial charge >= 0.3 is 0 Å². The average molecular weight is 443 g/mol. The minimum atomic E-state index is -0.0810. The van der Waals surface area contributed by atoms with E-state index in [-0.39, 0.29) is 11.8 Å². The van der Waals surface area contributed by atoms with Crippen LogP contribution in [-0.2, 0) is 22.4 Å². The molecule has 1 heterocycles. The lowest BCUT2D eigenvalue weighted by Gasteiger charge is -2.33. The normalized spacial score (nSPS) is 14.9. The first-order valence-electron chi connectivity index (χ1n) is 10.9. The van der Waals surface area contributed by atoms with Crippen LogP contribution in [-0.4, -0.2) is 60.9 Å². The Balaban J connectivity index is 1.45. The summed E-state index contributed by atoms with van der Waals surface area (Å²) < 4.78 is 0. The topological polar surface area (TPSA) is 64.7 Å². The molecule has 1 fully saturated rings. The van der Waals surface area contributed by atoms with Gasteiger partial charge in [-0.25, -0.2) is 0 Å². The van der Waals surface area contributed by atoms with Gasteiger partial charge in [-0.05, 0) is 36.1 Å². The Labute approximate surface area is 189 Å². The van der Waals surface area contributed by atoms with E-state index in [4.69, 9.17) is 11.6 Å². The molecule has 0 bridgehead atoms. The van der Waals surface area contributed by atoms with Gasteiger partial charge in [-0.2, -0.15) is 0 Å². The van der Waals surface area contributed by atoms with E-state index in [2.05, 4.69) is 52.5 Å². The highest BCUT2D eigenvalue weighted by Crippen LogP contribution is 2.23. The van der Waals surface area contributed by atoms with Gasteiger partial charge in [-0.15, -0.1) is 0 Å². The molecule has 0 saturated carbocycles. The van der Waals surface area contributed by atoms with Crippen LogP contribution in [0.15, 0.2) is 42.5 Å². The highest BCUT2D eigenvalue weighted by molar-refractivity contribution is 6.33. The fourth-order valence-corrected chi connectivity index (χ4v) is 4.03. The van der Waals surface area contributed by atoms with Crippen molar-refractivity contribution < 1.29 is 9.59 Å². The number of rotatable bonds is 8. The first kappa shape index (κ1) is 23.3. The SMILES string of the molecule is CCc1cccc(CC)c1NC(=O)CN1CCN(CC(=O)Nc2ccccc2Cl)CC1. The first-order valence-corrected chi connectivity index (χ1v) is 11.3. The van der Waals surface area contributed by atoms with Gasteiger partial charge in [-0.1, -0.05) is 55.8 Å². The van der Waals surface area contributed by atoms with Gasteiger partial charge < -0.3 is 10.6 Å². The van der Waals surface area contributed by atoms with Crippen molar-refractivity contribution in [1.82, 2.24) is 9.80 Å². The molecule has 7 heteroatoms. The summed E-state index contributed by atoms with van der Waals surface area (Å²) in [5.74, 6) is -0.0666. The van der Waals surface area contributed by atoms with Crippen molar-refractivity contribution in [2.45, 2.75) is 26.7 Å². The number of benzene rings is 2. The van der Waals surface area contributed by atoms with E-state index in [9.17, 15) is 9.59 Å². The monoisotopic (exact) mass is 442 g/mol. The molecule has 0 spiro atoms. The third-order valence-corrected chi connectivity index (χ3v) is 5.94. The second-order valence-electron chi connectivity index (χ2n) is 7.79. The maximum absolute atomic E-state index is 12.7. The molecule has 0 atom stereocenters. The van der Waals surface area contributed by atoms with Gasteiger partial charge in [-0.3, -0.25) is 19.4 Å². The van der Waals surface area contributed by atoms with Gasteiger partial charge in [0.05, 0.1) is 23.8 Å². The van der Waals surface area contributed by atoms with Crippen molar-refractivity contribution in [3.8, 4) is 0 Å². The van der Waals surface area contributed by atoms with E-state index < -0.39 is 0 Å². The lowest BCUT2D eigenvalue weighted by atomic mass is 10.0. The van der Waals surface area contributed by atoms with Gasteiger partial charge in [0.2, 0.25) is 11.8 Å². The van der Waals surface area contributed by atoms with Gasteiger partial charge in [0.25, 0.3) is 0 Å². The Bertz CT molecular complexity index is 888. The van der Waals surface area contributed by atoms with Gasteiger partial charge in [0.1, 0.15) is 0 Å². The number of anilines is 2. The molecule has 2 aromatic rings. The lowest BCUT2D eigenvalue weighted by Crippen LogP contribution is -2.50. The van der Waals surface area contributed by atoms with Crippen molar-refractivity contribution in [2.24, 2.45) is 0 Å². The van der Waals surface area contributed by atoms with Crippen LogP contribution in [0.4, 0.5) is 11.4 Å². The number of carbonyl (C=O) groups excluding carboxylic acids is 2. The minimum Gasteiger partial charge on any atom is -0.324 e. The van der Waals surface area contributed by atoms with Crippen LogP contribution < -0.4 is 10.6 Å². The minimum absolute atomic E-state index is 0.0144. The zero-order valence-electron chi connectivity index (χ0n) is 18.3. The summed E-state index contributed by atoms with van der Waals surface area (Å²) in [6.07, 6.45) is 1.77. The number of nitrogens with zero attached hydrogens (tertiary/aromatic N) is 2. The molecule has 166 valence electrons. The molecule has 0 unspecified atom stereocenters. The average Bonchev–Trinajstić information content (AvgIpc) is 2.77. The predicted octanol–water partition coefficient (Wildman–Crippen LogP) is 3.66. The first-order chi connectivity index (χ1) is 15.0. The van der Waals surface area contributed by atoms with Crippen LogP contribution >= 0.6 is 11.6 Å². The summed E-state index contributed by atoms with van der Waals surface area (Å²) in [7, 11) is 0. The van der Waals surface area contributed by atoms with Crippen molar-refractivity contribution in [2.75, 3.05) is 49.9 Å². The van der Waals surface area contributed by atoms with Crippen molar-refractivity contribution >= 4 is 34.8 Å². The van der Waals surface area contributed by atoms with Crippen LogP contribution in [0, 0.1) is 0 Å². The molecule has 2 N–H and O–H groups in total. The van der Waals surface area contributed by atoms with Crippen LogP contribution in [0.5, 0.6) is 0 Å². The molecule has 1 aliphatic rings. The molecular weight excluding hydrogens is 412 g/mol. The molecule has 31 heavy (non-hydrogen) atoms. The number of carbonyl (C=O) groups is 2. The van der Waals surface area contributed by atoms with Gasteiger partial charge in [0.15, 0.2) is 0 Å². The third kappa shape index (κ3) is 6.53. The Kier molecular flexibility index (Phi) is 8.46. The number of nitrogens with one attached hydrogen (secondary N) is 2. The summed E-state index contributed by atoms with van der Waals surface area (Å²) in [4.78, 5) is 29.2. The van der Waals surface area contributed by atoms with Crippen LogP contribution in [0.3, 0.4) is 0 Å². The number of para-hydroxylation sites is 2. The molecule has 2 aromatic carbocycles. The summed E-state index contributed by atoms with van der Waals surface area (Å²) >= 11 is 6.10. The largest absolute Gasteiger partial charge is 0.324 e. The number of piperazine rings is 1. The molecule has 0 aliphatic carbocycles. The van der Waals surface area contributed by atoms with Crippen LogP contribution in [0.1, 0.15) is 25.0 Å². The molecular formula is C24H31ClN4O2. The fraction of sp³-hybridized carbons (Fsp3) is 0.417. The van der Waals surface area contributed by atoms with E-state index in [1.54, 1.807) is 12.1 Å². The van der Waals surface area contributed by atoms with E-state index in [0.717, 1.165) is 44.7 Å². The highest BCUT2D eigenvalue weighted by Gasteiger charge is 2.21. The third-order valence-electron chi connectivity index (χ3n) is 5.61. The maximum atomic E-state index is 12.7. The molecule has 2 amide bonds. The number of amides is 2. The Hall–Kier alpha value is -2.41. The summed E-state index contributed by atoms with van der Waals surface area (Å²) in [5.41, 5.74) is 3.93. The van der Waals surface area contributed by atoms with Crippen LogP contribution in [0.25, 0.3) is 0 Å². The quantitative estimate of drug-likeness (QED) is 0.654. The lowest BCUT2D eigenvalue weighted by molar-refractivity contribution is -0.120. The second kappa shape index (κ2) is 11.3. The van der Waals surface area contributed by atoms with Crippen LogP contribution in [0.2, 0.25) is 5.02 Å². The molecule has 3 rings (SSSR count). The second-order valence-corrected chi connectivity index (χ2v) is 8.19. The Morgan fingerprint density at radius 3 is 1.84 bits per heavy atom. The van der Waals surface area contributed by atoms with Crippen molar-refractivity contribution in [3.63, 3.8) is 0 Å². The standard InChI is InChI=1S/C24H31ClN4O2/c1-3-18-8-7-9-19(4-2)24(18)27-23(31)17-29-14-12-28(13-15-29)16-22(30)26-21-11-6-5-10-20(21)25/h5-11H,3-4,12-17H2,1-2H3,(H,26,30)(H,27,31). The number of halogens is 1. The smallest absolute Gasteiger partial charge is 0.238 e. The molecule has 0 radical (unpaired) electrons. The summed E-state index contributed by atoms with van der Waals surface area (Å²) in [6.45, 7) is 7.88. The fourth-order valence-electron chi connectivity index (χ4n) is 3.85. The molecule has 1 aliphatic heterocycles. The zero-order valence-corrected chi connectivity index (χ0v) is 19.0. The van der Waals surface area contributed by atoms with E-state index in [1.165, 1.54) is 11.1 Å². The molecule has 1 saturated heterocycles.